The Hall–Kier alpha value is -3.34. The van der Waals surface area contributed by atoms with Crippen molar-refractivity contribution in [3.8, 4) is 17.0 Å². The highest BCUT2D eigenvalue weighted by Crippen LogP contribution is 2.31. The van der Waals surface area contributed by atoms with Gasteiger partial charge in [-0.25, -0.2) is 4.68 Å². The molecule has 0 radical (unpaired) electrons. The minimum atomic E-state index is -2.99. The molecule has 1 saturated heterocycles. The number of hydrogen-bond acceptors (Lipinski definition) is 5. The number of rotatable bonds is 7. The molecule has 0 aliphatic carbocycles. The molecule has 1 aliphatic heterocycles. The highest BCUT2D eigenvalue weighted by molar-refractivity contribution is 9.10. The predicted molar refractivity (Wildman–Crippen MR) is 119 cm³/mol. The van der Waals surface area contributed by atoms with E-state index in [1.54, 1.807) is 25.3 Å². The zero-order valence-corrected chi connectivity index (χ0v) is 18.7. The van der Waals surface area contributed by atoms with Crippen molar-refractivity contribution in [1.29, 1.82) is 0 Å². The lowest BCUT2D eigenvalue weighted by atomic mass is 10.1. The Bertz CT molecular complexity index is 1090. The second-order valence-corrected chi connectivity index (χ2v) is 7.62. The van der Waals surface area contributed by atoms with Crippen LogP contribution < -0.4 is 10.1 Å². The van der Waals surface area contributed by atoms with E-state index in [-0.39, 0.29) is 42.9 Å². The molecule has 1 fully saturated rings. The number of alkyl halides is 2. The molecule has 0 atom stereocenters. The zero-order chi connectivity index (χ0) is 23.3. The van der Waals surface area contributed by atoms with E-state index >= 15 is 0 Å². The standard InChI is InChI=1S/C21H20BrF2N5O3/c1-3-5-25-11-13(2)29-18(14-7-15(22)9-16(8-14)32-21(23)24)10-17(27-29)20(31)28-6-4-19(30)26-12-28/h3,5,7-11,21H,2,4,6,12H2,1H3,(H,26,30). The van der Waals surface area contributed by atoms with Crippen molar-refractivity contribution in [2.24, 2.45) is 4.99 Å². The van der Waals surface area contributed by atoms with E-state index in [9.17, 15) is 18.4 Å². The van der Waals surface area contributed by atoms with Gasteiger partial charge in [0.25, 0.3) is 5.91 Å². The van der Waals surface area contributed by atoms with Crippen molar-refractivity contribution in [1.82, 2.24) is 20.0 Å². The minimum Gasteiger partial charge on any atom is -0.435 e. The first-order valence-corrected chi connectivity index (χ1v) is 10.3. The van der Waals surface area contributed by atoms with E-state index in [2.05, 4.69) is 42.7 Å². The third kappa shape index (κ3) is 5.67. The number of ether oxygens (including phenoxy) is 1. The summed E-state index contributed by atoms with van der Waals surface area (Å²) < 4.78 is 31.9. The van der Waals surface area contributed by atoms with E-state index < -0.39 is 6.61 Å². The molecule has 0 spiro atoms. The van der Waals surface area contributed by atoms with Gasteiger partial charge in [0.05, 0.1) is 24.3 Å². The molecule has 0 saturated carbocycles. The van der Waals surface area contributed by atoms with Gasteiger partial charge in [0.15, 0.2) is 5.69 Å². The topological polar surface area (TPSA) is 88.8 Å². The quantitative estimate of drug-likeness (QED) is 0.575. The van der Waals surface area contributed by atoms with Gasteiger partial charge in [-0.1, -0.05) is 28.6 Å². The fourth-order valence-electron chi connectivity index (χ4n) is 2.98. The third-order valence-corrected chi connectivity index (χ3v) is 4.87. The van der Waals surface area contributed by atoms with Gasteiger partial charge >= 0.3 is 6.61 Å². The first-order valence-electron chi connectivity index (χ1n) is 9.54. The highest BCUT2D eigenvalue weighted by atomic mass is 79.9. The molecule has 2 amide bonds. The first-order chi connectivity index (χ1) is 15.3. The van der Waals surface area contributed by atoms with Crippen molar-refractivity contribution in [2.75, 3.05) is 13.2 Å². The normalized spacial score (nSPS) is 14.4. The van der Waals surface area contributed by atoms with E-state index in [4.69, 9.17) is 0 Å². The van der Waals surface area contributed by atoms with Crippen molar-refractivity contribution in [2.45, 2.75) is 20.0 Å². The lowest BCUT2D eigenvalue weighted by Gasteiger charge is -2.26. The summed E-state index contributed by atoms with van der Waals surface area (Å²) in [4.78, 5) is 29.9. The predicted octanol–water partition coefficient (Wildman–Crippen LogP) is 3.91. The molecular weight excluding hydrogens is 488 g/mol. The van der Waals surface area contributed by atoms with Crippen molar-refractivity contribution in [3.63, 3.8) is 0 Å². The molecule has 2 heterocycles. The van der Waals surface area contributed by atoms with E-state index in [1.807, 2.05) is 0 Å². The minimum absolute atomic E-state index is 0.0584. The van der Waals surface area contributed by atoms with E-state index in [1.165, 1.54) is 34.0 Å². The number of carbonyl (C=O) groups excluding carboxylic acids is 2. The molecule has 1 N–H and O–H groups in total. The van der Waals surface area contributed by atoms with Gasteiger partial charge in [-0.2, -0.15) is 13.9 Å². The number of allylic oxidation sites excluding steroid dienone is 2. The van der Waals surface area contributed by atoms with Crippen LogP contribution in [0.25, 0.3) is 17.0 Å². The van der Waals surface area contributed by atoms with Gasteiger partial charge in [-0.05, 0) is 31.2 Å². The summed E-state index contributed by atoms with van der Waals surface area (Å²) in [5.41, 5.74) is 1.34. The van der Waals surface area contributed by atoms with Gasteiger partial charge in [0, 0.05) is 29.2 Å². The van der Waals surface area contributed by atoms with Gasteiger partial charge in [-0.15, -0.1) is 0 Å². The number of nitrogens with one attached hydrogen (secondary N) is 1. The number of halogens is 3. The summed E-state index contributed by atoms with van der Waals surface area (Å²) in [5, 5.41) is 6.99. The number of carbonyl (C=O) groups is 2. The highest BCUT2D eigenvalue weighted by Gasteiger charge is 2.25. The second kappa shape index (κ2) is 10.3. The molecular formula is C21H20BrF2N5O3. The first kappa shape index (κ1) is 23.3. The maximum atomic E-state index is 13.0. The van der Waals surface area contributed by atoms with Crippen molar-refractivity contribution >= 4 is 39.7 Å². The van der Waals surface area contributed by atoms with Gasteiger partial charge < -0.3 is 15.0 Å². The van der Waals surface area contributed by atoms with Crippen LogP contribution in [0.15, 0.2) is 52.6 Å². The monoisotopic (exact) mass is 507 g/mol. The van der Waals surface area contributed by atoms with Gasteiger partial charge in [0.1, 0.15) is 5.75 Å². The molecule has 32 heavy (non-hydrogen) atoms. The Morgan fingerprint density at radius 3 is 2.81 bits per heavy atom. The summed E-state index contributed by atoms with van der Waals surface area (Å²) in [6, 6.07) is 6.02. The molecule has 3 rings (SSSR count). The second-order valence-electron chi connectivity index (χ2n) is 6.71. The van der Waals surface area contributed by atoms with Crippen LogP contribution in [0.3, 0.4) is 0 Å². The lowest BCUT2D eigenvalue weighted by Crippen LogP contribution is -2.47. The number of aromatic nitrogens is 2. The molecule has 2 aromatic rings. The molecule has 11 heteroatoms. The molecule has 0 bridgehead atoms. The maximum Gasteiger partial charge on any atom is 0.387 e. The Morgan fingerprint density at radius 2 is 2.16 bits per heavy atom. The van der Waals surface area contributed by atoms with Crippen molar-refractivity contribution < 1.29 is 23.1 Å². The average molecular weight is 508 g/mol. The number of nitrogens with zero attached hydrogens (tertiary/aromatic N) is 4. The van der Waals surface area contributed by atoms with Crippen LogP contribution >= 0.6 is 15.9 Å². The summed E-state index contributed by atoms with van der Waals surface area (Å²) >= 11 is 3.29. The summed E-state index contributed by atoms with van der Waals surface area (Å²) in [5.74, 6) is -0.575. The van der Waals surface area contributed by atoms with Crippen LogP contribution in [-0.2, 0) is 4.79 Å². The molecule has 168 valence electrons. The van der Waals surface area contributed by atoms with Crippen molar-refractivity contribution in [3.05, 3.63) is 53.3 Å². The van der Waals surface area contributed by atoms with Crippen LogP contribution in [0, 0.1) is 0 Å². The van der Waals surface area contributed by atoms with Crippen LogP contribution in [0.4, 0.5) is 8.78 Å². The van der Waals surface area contributed by atoms with Crippen LogP contribution in [-0.4, -0.2) is 52.5 Å². The maximum absolute atomic E-state index is 13.0. The van der Waals surface area contributed by atoms with E-state index in [0.29, 0.717) is 21.4 Å². The Morgan fingerprint density at radius 1 is 1.38 bits per heavy atom. The third-order valence-electron chi connectivity index (χ3n) is 4.41. The smallest absolute Gasteiger partial charge is 0.387 e. The SMILES string of the molecule is C=C(C=NC=CC)n1nc(C(=O)N2CCC(=O)NC2)cc1-c1cc(Br)cc(OC(F)F)c1. The van der Waals surface area contributed by atoms with Crippen LogP contribution in [0.2, 0.25) is 0 Å². The van der Waals surface area contributed by atoms with Gasteiger partial charge in [0.2, 0.25) is 5.91 Å². The number of benzene rings is 1. The largest absolute Gasteiger partial charge is 0.435 e. The van der Waals surface area contributed by atoms with Crippen LogP contribution in [0.5, 0.6) is 5.75 Å². The molecule has 1 aromatic carbocycles. The molecule has 1 aliphatic rings. The van der Waals surface area contributed by atoms with Gasteiger partial charge in [-0.3, -0.25) is 14.6 Å². The number of amides is 2. The number of hydrogen-bond donors (Lipinski definition) is 1. The zero-order valence-electron chi connectivity index (χ0n) is 17.1. The molecule has 8 nitrogen and oxygen atoms in total. The molecule has 0 unspecified atom stereocenters. The summed E-state index contributed by atoms with van der Waals surface area (Å²) in [6.07, 6.45) is 4.95. The van der Waals surface area contributed by atoms with Crippen LogP contribution in [0.1, 0.15) is 23.8 Å². The Labute approximate surface area is 191 Å². The fourth-order valence-corrected chi connectivity index (χ4v) is 3.46. The Kier molecular flexibility index (Phi) is 7.52. The Balaban J connectivity index is 2.03. The number of aliphatic imine (C=N–C) groups is 1. The average Bonchev–Trinajstić information content (AvgIpc) is 3.18. The lowest BCUT2D eigenvalue weighted by molar-refractivity contribution is -0.123. The van der Waals surface area contributed by atoms with E-state index in [0.717, 1.165) is 0 Å². The molecule has 1 aromatic heterocycles. The summed E-state index contributed by atoms with van der Waals surface area (Å²) in [7, 11) is 0. The summed E-state index contributed by atoms with van der Waals surface area (Å²) in [6.45, 7) is 3.10. The fraction of sp³-hybridized carbons (Fsp3) is 0.238.